The van der Waals surface area contributed by atoms with Crippen LogP contribution < -0.4 is 11.5 Å². The van der Waals surface area contributed by atoms with Crippen LogP contribution >= 0.6 is 12.4 Å². The van der Waals surface area contributed by atoms with E-state index < -0.39 is 0 Å². The van der Waals surface area contributed by atoms with Crippen molar-refractivity contribution in [2.75, 3.05) is 6.54 Å². The Kier molecular flexibility index (Phi) is 6.57. The number of nitrogens with two attached hydrogens (primary N) is 2. The second-order valence-electron chi connectivity index (χ2n) is 4.01. The smallest absolute Gasteiger partial charge is 0.0307 e. The van der Waals surface area contributed by atoms with E-state index in [4.69, 9.17) is 11.5 Å². The summed E-state index contributed by atoms with van der Waals surface area (Å²) in [5.74, 6) is 0.556. The van der Waals surface area contributed by atoms with E-state index in [1.165, 1.54) is 11.1 Å². The topological polar surface area (TPSA) is 52.0 Å². The van der Waals surface area contributed by atoms with Crippen molar-refractivity contribution < 1.29 is 0 Å². The average molecular weight is 229 g/mol. The maximum absolute atomic E-state index is 5.99. The molecule has 0 unspecified atom stereocenters. The Balaban J connectivity index is 0.00000196. The van der Waals surface area contributed by atoms with Gasteiger partial charge in [-0.1, -0.05) is 38.1 Å². The molecule has 2 nitrogen and oxygen atoms in total. The lowest BCUT2D eigenvalue weighted by Gasteiger charge is -2.13. The van der Waals surface area contributed by atoms with Crippen molar-refractivity contribution >= 4 is 12.4 Å². The summed E-state index contributed by atoms with van der Waals surface area (Å²) in [6, 6.07) is 8.56. The van der Waals surface area contributed by atoms with E-state index in [-0.39, 0.29) is 18.4 Å². The molecule has 15 heavy (non-hydrogen) atoms. The molecule has 3 heteroatoms. The molecule has 0 fully saturated rings. The van der Waals surface area contributed by atoms with E-state index in [1.54, 1.807) is 0 Å². The predicted octanol–water partition coefficient (Wildman–Crippen LogP) is 2.58. The Morgan fingerprint density at radius 3 is 2.33 bits per heavy atom. The molecule has 86 valence electrons. The normalized spacial score (nSPS) is 12.3. The van der Waals surface area contributed by atoms with Crippen molar-refractivity contribution in [1.29, 1.82) is 0 Å². The Labute approximate surface area is 98.5 Å². The highest BCUT2D eigenvalue weighted by Crippen LogP contribution is 2.20. The van der Waals surface area contributed by atoms with Gasteiger partial charge in [-0.05, 0) is 30.0 Å². The summed E-state index contributed by atoms with van der Waals surface area (Å²) in [5.41, 5.74) is 14.0. The highest BCUT2D eigenvalue weighted by Gasteiger charge is 2.06. The fourth-order valence-corrected chi connectivity index (χ4v) is 1.49. The summed E-state index contributed by atoms with van der Waals surface area (Å²) >= 11 is 0. The summed E-state index contributed by atoms with van der Waals surface area (Å²) in [5, 5.41) is 0. The minimum atomic E-state index is 0. The van der Waals surface area contributed by atoms with Crippen molar-refractivity contribution in [3.05, 3.63) is 35.4 Å². The Bertz CT molecular complexity index is 287. The monoisotopic (exact) mass is 228 g/mol. The van der Waals surface area contributed by atoms with Gasteiger partial charge >= 0.3 is 0 Å². The molecule has 0 radical (unpaired) electrons. The van der Waals surface area contributed by atoms with E-state index in [0.717, 1.165) is 6.42 Å². The molecule has 1 rings (SSSR count). The van der Waals surface area contributed by atoms with E-state index in [0.29, 0.717) is 12.5 Å². The summed E-state index contributed by atoms with van der Waals surface area (Å²) in [6.07, 6.45) is 0.849. The van der Waals surface area contributed by atoms with Crippen molar-refractivity contribution in [2.45, 2.75) is 32.2 Å². The van der Waals surface area contributed by atoms with Gasteiger partial charge in [0, 0.05) is 6.04 Å². The molecule has 0 bridgehead atoms. The lowest BCUT2D eigenvalue weighted by atomic mass is 9.97. The Hall–Kier alpha value is -0.570. The average Bonchev–Trinajstić information content (AvgIpc) is 2.18. The molecular weight excluding hydrogens is 208 g/mol. The first-order valence-corrected chi connectivity index (χ1v) is 5.20. The van der Waals surface area contributed by atoms with Crippen LogP contribution in [-0.4, -0.2) is 6.54 Å². The van der Waals surface area contributed by atoms with Crippen LogP contribution in [0.5, 0.6) is 0 Å². The van der Waals surface area contributed by atoms with Crippen LogP contribution in [0.3, 0.4) is 0 Å². The molecule has 0 amide bonds. The Morgan fingerprint density at radius 2 is 1.80 bits per heavy atom. The van der Waals surface area contributed by atoms with Gasteiger partial charge in [-0.3, -0.25) is 0 Å². The fraction of sp³-hybridized carbons (Fsp3) is 0.500. The van der Waals surface area contributed by atoms with Gasteiger partial charge in [0.05, 0.1) is 0 Å². The molecule has 0 aliphatic carbocycles. The van der Waals surface area contributed by atoms with Gasteiger partial charge in [0.2, 0.25) is 0 Å². The van der Waals surface area contributed by atoms with Gasteiger partial charge in [-0.2, -0.15) is 0 Å². The van der Waals surface area contributed by atoms with Crippen LogP contribution in [-0.2, 0) is 0 Å². The number of halogens is 1. The minimum absolute atomic E-state index is 0. The molecule has 0 aromatic heterocycles. The van der Waals surface area contributed by atoms with Crippen molar-refractivity contribution in [3.63, 3.8) is 0 Å². The first kappa shape index (κ1) is 14.4. The first-order valence-electron chi connectivity index (χ1n) is 5.20. The minimum Gasteiger partial charge on any atom is -0.330 e. The van der Waals surface area contributed by atoms with Crippen LogP contribution in [0.25, 0.3) is 0 Å². The maximum atomic E-state index is 5.99. The van der Waals surface area contributed by atoms with Crippen molar-refractivity contribution in [1.82, 2.24) is 0 Å². The third-order valence-electron chi connectivity index (χ3n) is 2.48. The fourth-order valence-electron chi connectivity index (χ4n) is 1.49. The third-order valence-corrected chi connectivity index (χ3v) is 2.48. The zero-order valence-corrected chi connectivity index (χ0v) is 10.3. The molecule has 0 saturated heterocycles. The molecule has 0 aliphatic rings. The van der Waals surface area contributed by atoms with Crippen LogP contribution in [0, 0.1) is 0 Å². The van der Waals surface area contributed by atoms with E-state index in [1.807, 2.05) is 0 Å². The summed E-state index contributed by atoms with van der Waals surface area (Å²) in [4.78, 5) is 0. The number of rotatable bonds is 4. The molecule has 1 atom stereocenters. The standard InChI is InChI=1S/C12H20N2.ClH/c1-9(2)10-4-3-5-11(8-10)12(14)6-7-13;/h3-5,8-9,12H,6-7,13-14H2,1-2H3;1H/t12-;/m0./s1. The molecule has 0 saturated carbocycles. The van der Waals surface area contributed by atoms with Gasteiger partial charge in [-0.15, -0.1) is 12.4 Å². The summed E-state index contributed by atoms with van der Waals surface area (Å²) in [6.45, 7) is 5.02. The SMILES string of the molecule is CC(C)c1cccc([C@@H](N)CCN)c1.Cl. The van der Waals surface area contributed by atoms with Crippen LogP contribution in [0.4, 0.5) is 0 Å². The molecule has 0 spiro atoms. The highest BCUT2D eigenvalue weighted by molar-refractivity contribution is 5.85. The zero-order valence-electron chi connectivity index (χ0n) is 9.44. The molecule has 4 N–H and O–H groups in total. The van der Waals surface area contributed by atoms with Crippen LogP contribution in [0.1, 0.15) is 43.4 Å². The van der Waals surface area contributed by atoms with Crippen molar-refractivity contribution in [3.8, 4) is 0 Å². The highest BCUT2D eigenvalue weighted by atomic mass is 35.5. The van der Waals surface area contributed by atoms with Gasteiger partial charge in [0.1, 0.15) is 0 Å². The predicted molar refractivity (Wildman–Crippen MR) is 68.4 cm³/mol. The van der Waals surface area contributed by atoms with Gasteiger partial charge in [-0.25, -0.2) is 0 Å². The molecular formula is C12H21ClN2. The third kappa shape index (κ3) is 4.20. The van der Waals surface area contributed by atoms with Crippen LogP contribution in [0.2, 0.25) is 0 Å². The molecule has 1 aromatic carbocycles. The first-order chi connectivity index (χ1) is 6.65. The summed E-state index contributed by atoms with van der Waals surface area (Å²) < 4.78 is 0. The van der Waals surface area contributed by atoms with Crippen LogP contribution in [0.15, 0.2) is 24.3 Å². The van der Waals surface area contributed by atoms with E-state index in [9.17, 15) is 0 Å². The van der Waals surface area contributed by atoms with E-state index >= 15 is 0 Å². The van der Waals surface area contributed by atoms with Gasteiger partial charge in [0.25, 0.3) is 0 Å². The Morgan fingerprint density at radius 1 is 1.20 bits per heavy atom. The second kappa shape index (κ2) is 6.83. The number of hydrogen-bond donors (Lipinski definition) is 2. The maximum Gasteiger partial charge on any atom is 0.0307 e. The second-order valence-corrected chi connectivity index (χ2v) is 4.01. The zero-order chi connectivity index (χ0) is 10.6. The quantitative estimate of drug-likeness (QED) is 0.833. The number of benzene rings is 1. The molecule has 0 heterocycles. The molecule has 0 aliphatic heterocycles. The largest absolute Gasteiger partial charge is 0.330 e. The lowest BCUT2D eigenvalue weighted by molar-refractivity contribution is 0.659. The van der Waals surface area contributed by atoms with Gasteiger partial charge < -0.3 is 11.5 Å². The molecule has 1 aromatic rings. The summed E-state index contributed by atoms with van der Waals surface area (Å²) in [7, 11) is 0. The van der Waals surface area contributed by atoms with E-state index in [2.05, 4.69) is 38.1 Å². The van der Waals surface area contributed by atoms with Gasteiger partial charge in [0.15, 0.2) is 0 Å². The lowest BCUT2D eigenvalue weighted by Crippen LogP contribution is -2.15. The van der Waals surface area contributed by atoms with Crippen molar-refractivity contribution in [2.24, 2.45) is 11.5 Å². The number of hydrogen-bond acceptors (Lipinski definition) is 2.